The van der Waals surface area contributed by atoms with Crippen LogP contribution in [0.25, 0.3) is 0 Å². The number of fused-ring (bicyclic) bond motifs is 2. The van der Waals surface area contributed by atoms with Crippen LogP contribution in [0.2, 0.25) is 0 Å². The van der Waals surface area contributed by atoms with Crippen molar-refractivity contribution in [1.29, 1.82) is 0 Å². The molecule has 7 heteroatoms. The van der Waals surface area contributed by atoms with Crippen LogP contribution in [0.4, 0.5) is 22.0 Å². The van der Waals surface area contributed by atoms with Crippen molar-refractivity contribution in [3.05, 3.63) is 0 Å². The van der Waals surface area contributed by atoms with Gasteiger partial charge in [-0.05, 0) is 12.3 Å². The van der Waals surface area contributed by atoms with E-state index >= 15 is 0 Å². The molecule has 2 rings (SSSR count). The normalized spacial score (nSPS) is 48.6. The molecule has 2 heterocycles. The van der Waals surface area contributed by atoms with E-state index in [2.05, 4.69) is 4.74 Å². The van der Waals surface area contributed by atoms with Gasteiger partial charge in [-0.2, -0.15) is 22.0 Å². The van der Waals surface area contributed by atoms with Gasteiger partial charge in [0.05, 0.1) is 0 Å². The van der Waals surface area contributed by atoms with Gasteiger partial charge < -0.3 is 9.84 Å². The van der Waals surface area contributed by atoms with E-state index in [9.17, 15) is 22.0 Å². The topological polar surface area (TPSA) is 29.5 Å². The largest absolute Gasteiger partial charge is 0.425 e. The van der Waals surface area contributed by atoms with Crippen LogP contribution in [0, 0.1) is 5.92 Å². The number of halogens is 5. The van der Waals surface area contributed by atoms with Crippen LogP contribution in [-0.2, 0) is 4.74 Å². The SMILES string of the molecule is CC1CC2OC1C(F)(F)C2(O)C(F)(F)F. The molecule has 0 aromatic heterocycles. The Hall–Kier alpha value is -0.430. The average molecular weight is 232 g/mol. The maximum absolute atomic E-state index is 13.3. The van der Waals surface area contributed by atoms with E-state index in [4.69, 9.17) is 5.11 Å². The van der Waals surface area contributed by atoms with E-state index in [1.54, 1.807) is 0 Å². The highest BCUT2D eigenvalue weighted by Gasteiger charge is 2.83. The fourth-order valence-corrected chi connectivity index (χ4v) is 2.34. The summed E-state index contributed by atoms with van der Waals surface area (Å²) in [6, 6.07) is 0. The van der Waals surface area contributed by atoms with E-state index in [0.717, 1.165) is 0 Å². The van der Waals surface area contributed by atoms with Crippen LogP contribution in [-0.4, -0.2) is 35.0 Å². The molecule has 2 fully saturated rings. The second-order valence-corrected chi connectivity index (χ2v) is 4.15. The van der Waals surface area contributed by atoms with Crippen molar-refractivity contribution in [3.8, 4) is 0 Å². The quantitative estimate of drug-likeness (QED) is 0.644. The third-order valence-electron chi connectivity index (χ3n) is 3.18. The lowest BCUT2D eigenvalue weighted by Gasteiger charge is -2.39. The van der Waals surface area contributed by atoms with Crippen LogP contribution < -0.4 is 0 Å². The molecule has 2 aliphatic heterocycles. The Morgan fingerprint density at radius 3 is 2.20 bits per heavy atom. The van der Waals surface area contributed by atoms with E-state index < -0.39 is 35.8 Å². The standard InChI is InChI=1S/C8H9F5O2/c1-3-2-4-6(14,8(11,12)13)7(9,10)5(3)15-4/h3-5,14H,2H2,1H3. The molecule has 0 spiro atoms. The summed E-state index contributed by atoms with van der Waals surface area (Å²) in [5, 5.41) is 9.16. The molecule has 4 atom stereocenters. The van der Waals surface area contributed by atoms with Gasteiger partial charge in [0.25, 0.3) is 5.60 Å². The summed E-state index contributed by atoms with van der Waals surface area (Å²) < 4.78 is 68.4. The van der Waals surface area contributed by atoms with Gasteiger partial charge in [0, 0.05) is 0 Å². The average Bonchev–Trinajstić information content (AvgIpc) is 2.49. The maximum Gasteiger partial charge on any atom is 0.425 e. The van der Waals surface area contributed by atoms with Crippen molar-refractivity contribution in [2.24, 2.45) is 5.92 Å². The van der Waals surface area contributed by atoms with Crippen molar-refractivity contribution >= 4 is 0 Å². The lowest BCUT2D eigenvalue weighted by molar-refractivity contribution is -0.335. The van der Waals surface area contributed by atoms with Gasteiger partial charge in [-0.1, -0.05) is 6.92 Å². The summed E-state index contributed by atoms with van der Waals surface area (Å²) in [4.78, 5) is 0. The van der Waals surface area contributed by atoms with Crippen molar-refractivity contribution in [2.75, 3.05) is 0 Å². The molecule has 0 aromatic rings. The Kier molecular flexibility index (Phi) is 1.94. The monoisotopic (exact) mass is 232 g/mol. The zero-order valence-electron chi connectivity index (χ0n) is 7.68. The fourth-order valence-electron chi connectivity index (χ4n) is 2.34. The Morgan fingerprint density at radius 1 is 1.33 bits per heavy atom. The number of alkyl halides is 5. The Balaban J connectivity index is 2.45. The van der Waals surface area contributed by atoms with Gasteiger partial charge >= 0.3 is 12.1 Å². The first-order valence-electron chi connectivity index (χ1n) is 4.44. The van der Waals surface area contributed by atoms with Gasteiger partial charge in [-0.3, -0.25) is 0 Å². The highest BCUT2D eigenvalue weighted by Crippen LogP contribution is 2.59. The van der Waals surface area contributed by atoms with E-state index in [1.165, 1.54) is 6.92 Å². The third-order valence-corrected chi connectivity index (χ3v) is 3.18. The summed E-state index contributed by atoms with van der Waals surface area (Å²) in [5.41, 5.74) is -4.03. The van der Waals surface area contributed by atoms with Crippen molar-refractivity contribution in [2.45, 2.75) is 43.3 Å². The minimum absolute atomic E-state index is 0.198. The fraction of sp³-hybridized carbons (Fsp3) is 1.00. The lowest BCUT2D eigenvalue weighted by Crippen LogP contribution is -2.66. The second kappa shape index (κ2) is 2.63. The molecule has 0 aliphatic carbocycles. The number of aliphatic hydroxyl groups is 1. The molecule has 1 N–H and O–H groups in total. The van der Waals surface area contributed by atoms with E-state index in [1.807, 2.05) is 0 Å². The Morgan fingerprint density at radius 2 is 1.87 bits per heavy atom. The number of hydrogen-bond donors (Lipinski definition) is 1. The molecule has 2 aliphatic rings. The molecule has 0 amide bonds. The van der Waals surface area contributed by atoms with Gasteiger partial charge in [-0.25, -0.2) is 0 Å². The predicted molar refractivity (Wildman–Crippen MR) is 38.4 cm³/mol. The molecule has 0 aromatic carbocycles. The first-order chi connectivity index (χ1) is 6.62. The van der Waals surface area contributed by atoms with E-state index in [0.29, 0.717) is 0 Å². The molecule has 2 bridgehead atoms. The number of rotatable bonds is 0. The third kappa shape index (κ3) is 1.05. The second-order valence-electron chi connectivity index (χ2n) is 4.15. The van der Waals surface area contributed by atoms with Gasteiger partial charge in [0.15, 0.2) is 0 Å². The zero-order chi connectivity index (χ0) is 11.6. The molecular weight excluding hydrogens is 223 g/mol. The molecule has 2 nitrogen and oxygen atoms in total. The van der Waals surface area contributed by atoms with Gasteiger partial charge in [-0.15, -0.1) is 0 Å². The Labute approximate surface area is 82.0 Å². The van der Waals surface area contributed by atoms with Crippen molar-refractivity contribution in [3.63, 3.8) is 0 Å². The minimum atomic E-state index is -5.38. The van der Waals surface area contributed by atoms with Crippen LogP contribution in [0.3, 0.4) is 0 Å². The van der Waals surface area contributed by atoms with Gasteiger partial charge in [0.2, 0.25) is 0 Å². The maximum atomic E-state index is 13.3. The van der Waals surface area contributed by atoms with Crippen molar-refractivity contribution in [1.82, 2.24) is 0 Å². The first kappa shape index (κ1) is 11.1. The van der Waals surface area contributed by atoms with Crippen LogP contribution in [0.5, 0.6) is 0 Å². The lowest BCUT2D eigenvalue weighted by atomic mass is 9.76. The molecule has 2 saturated heterocycles. The predicted octanol–water partition coefficient (Wildman–Crippen LogP) is 1.72. The smallest absolute Gasteiger partial charge is 0.374 e. The summed E-state index contributed by atoms with van der Waals surface area (Å²) >= 11 is 0. The summed E-state index contributed by atoms with van der Waals surface area (Å²) in [6.45, 7) is 1.38. The molecule has 0 saturated carbocycles. The Bertz CT molecular complexity index is 289. The molecule has 0 radical (unpaired) electrons. The van der Waals surface area contributed by atoms with Crippen LogP contribution in [0.1, 0.15) is 13.3 Å². The van der Waals surface area contributed by atoms with Crippen LogP contribution >= 0.6 is 0 Å². The molecule has 15 heavy (non-hydrogen) atoms. The minimum Gasteiger partial charge on any atom is -0.374 e. The first-order valence-corrected chi connectivity index (χ1v) is 4.44. The van der Waals surface area contributed by atoms with Gasteiger partial charge in [0.1, 0.15) is 12.2 Å². The summed E-state index contributed by atoms with van der Waals surface area (Å²) in [5.74, 6) is -4.94. The van der Waals surface area contributed by atoms with Crippen molar-refractivity contribution < 1.29 is 31.8 Å². The molecular formula is C8H9F5O2. The molecule has 4 unspecified atom stereocenters. The summed E-state index contributed by atoms with van der Waals surface area (Å²) in [7, 11) is 0. The highest BCUT2D eigenvalue weighted by molar-refractivity contribution is 5.18. The zero-order valence-corrected chi connectivity index (χ0v) is 7.68. The highest BCUT2D eigenvalue weighted by atomic mass is 19.4. The van der Waals surface area contributed by atoms with Crippen LogP contribution in [0.15, 0.2) is 0 Å². The summed E-state index contributed by atoms with van der Waals surface area (Å²) in [6.07, 6.45) is -9.27. The van der Waals surface area contributed by atoms with E-state index in [-0.39, 0.29) is 6.42 Å². The number of hydrogen-bond acceptors (Lipinski definition) is 2. The number of ether oxygens (including phenoxy) is 1. The molecule has 88 valence electrons.